The van der Waals surface area contributed by atoms with Gasteiger partial charge in [-0.2, -0.15) is 5.26 Å². The van der Waals surface area contributed by atoms with E-state index < -0.39 is 5.91 Å². The third kappa shape index (κ3) is 3.08. The molecule has 0 saturated carbocycles. The number of rotatable bonds is 5. The Balaban J connectivity index is 3.24. The molecule has 1 rings (SSSR count). The summed E-state index contributed by atoms with van der Waals surface area (Å²) in [6, 6.07) is 6.81. The molecule has 0 aliphatic carbocycles. The fourth-order valence-corrected chi connectivity index (χ4v) is 1.68. The third-order valence-electron chi connectivity index (χ3n) is 2.54. The minimum atomic E-state index is -0.466. The Kier molecular flexibility index (Phi) is 4.44. The van der Waals surface area contributed by atoms with Crippen LogP contribution in [0.5, 0.6) is 0 Å². The van der Waals surface area contributed by atoms with E-state index in [-0.39, 0.29) is 12.6 Å². The largest absolute Gasteiger partial charge is 0.368 e. The highest BCUT2D eigenvalue weighted by molar-refractivity contribution is 5.82. The molecule has 0 aliphatic heterocycles. The van der Waals surface area contributed by atoms with E-state index in [1.165, 1.54) is 6.07 Å². The Bertz CT molecular complexity index is 503. The van der Waals surface area contributed by atoms with E-state index in [2.05, 4.69) is 0 Å². The second-order valence-corrected chi connectivity index (χ2v) is 4.19. The van der Waals surface area contributed by atoms with E-state index in [4.69, 9.17) is 11.0 Å². The monoisotopic (exact) mass is 245 g/mol. The van der Waals surface area contributed by atoms with Crippen molar-refractivity contribution in [2.45, 2.75) is 19.9 Å². The second kappa shape index (κ2) is 5.82. The molecule has 0 aliphatic rings. The highest BCUT2D eigenvalue weighted by Crippen LogP contribution is 2.22. The van der Waals surface area contributed by atoms with E-state index in [1.54, 1.807) is 17.0 Å². The van der Waals surface area contributed by atoms with Gasteiger partial charge in [0.15, 0.2) is 0 Å². The van der Waals surface area contributed by atoms with E-state index in [9.17, 15) is 9.59 Å². The maximum absolute atomic E-state index is 11.1. The molecule has 1 aromatic rings. The van der Waals surface area contributed by atoms with Gasteiger partial charge in [-0.3, -0.25) is 9.59 Å². The fourth-order valence-electron chi connectivity index (χ4n) is 1.68. The number of hydrogen-bond acceptors (Lipinski definition) is 4. The maximum atomic E-state index is 11.1. The Hall–Kier alpha value is -2.35. The molecule has 0 unspecified atom stereocenters. The molecule has 0 heterocycles. The smallest absolute Gasteiger partial charge is 0.236 e. The van der Waals surface area contributed by atoms with Crippen LogP contribution in [0.4, 0.5) is 5.69 Å². The summed E-state index contributed by atoms with van der Waals surface area (Å²) in [6.45, 7) is 3.84. The zero-order chi connectivity index (χ0) is 13.7. The van der Waals surface area contributed by atoms with Gasteiger partial charge in [0, 0.05) is 11.6 Å². The van der Waals surface area contributed by atoms with Crippen LogP contribution in [0, 0.1) is 11.3 Å². The molecule has 1 aromatic carbocycles. The van der Waals surface area contributed by atoms with Gasteiger partial charge in [0.1, 0.15) is 12.4 Å². The van der Waals surface area contributed by atoms with Crippen LogP contribution in [0.1, 0.15) is 29.8 Å². The van der Waals surface area contributed by atoms with Crippen LogP contribution in [0.15, 0.2) is 18.2 Å². The van der Waals surface area contributed by atoms with Crippen molar-refractivity contribution in [3.05, 3.63) is 29.3 Å². The van der Waals surface area contributed by atoms with Crippen molar-refractivity contribution in [3.63, 3.8) is 0 Å². The van der Waals surface area contributed by atoms with Crippen molar-refractivity contribution in [1.29, 1.82) is 5.26 Å². The van der Waals surface area contributed by atoms with Crippen LogP contribution in [-0.2, 0) is 4.79 Å². The van der Waals surface area contributed by atoms with Crippen LogP contribution in [0.3, 0.4) is 0 Å². The predicted molar refractivity (Wildman–Crippen MR) is 68.2 cm³/mol. The molecular weight excluding hydrogens is 230 g/mol. The molecule has 0 spiro atoms. The molecular formula is C13H15N3O2. The van der Waals surface area contributed by atoms with Gasteiger partial charge in [-0.15, -0.1) is 0 Å². The number of carbonyl (C=O) groups excluding carboxylic acids is 2. The first kappa shape index (κ1) is 13.7. The number of primary amides is 1. The van der Waals surface area contributed by atoms with Crippen LogP contribution in [-0.4, -0.2) is 24.8 Å². The Labute approximate surface area is 106 Å². The summed E-state index contributed by atoms with van der Waals surface area (Å²) in [5.41, 5.74) is 6.59. The molecule has 0 saturated heterocycles. The molecule has 0 bridgehead atoms. The van der Waals surface area contributed by atoms with Gasteiger partial charge in [-0.25, -0.2) is 0 Å². The normalized spacial score (nSPS) is 9.89. The lowest BCUT2D eigenvalue weighted by Gasteiger charge is -2.28. The van der Waals surface area contributed by atoms with Crippen LogP contribution in [0.2, 0.25) is 0 Å². The minimum Gasteiger partial charge on any atom is -0.368 e. The number of aldehydes is 1. The number of amides is 1. The summed E-state index contributed by atoms with van der Waals surface area (Å²) in [7, 11) is 0. The van der Waals surface area contributed by atoms with E-state index in [1.807, 2.05) is 19.9 Å². The number of nitrogens with zero attached hydrogens (tertiary/aromatic N) is 2. The van der Waals surface area contributed by atoms with Crippen molar-refractivity contribution >= 4 is 17.9 Å². The van der Waals surface area contributed by atoms with Crippen LogP contribution in [0.25, 0.3) is 0 Å². The standard InChI is InChI=1S/C13H15N3O2/c1-9(2)16(7-13(15)18)12-4-3-10(8-17)5-11(12)6-14/h3-5,8-9H,7H2,1-2H3,(H2,15,18). The molecule has 18 heavy (non-hydrogen) atoms. The quantitative estimate of drug-likeness (QED) is 0.786. The van der Waals surface area contributed by atoms with E-state index in [0.717, 1.165) is 0 Å². The first-order valence-corrected chi connectivity index (χ1v) is 5.54. The SMILES string of the molecule is CC(C)N(CC(N)=O)c1ccc(C=O)cc1C#N. The number of nitriles is 1. The highest BCUT2D eigenvalue weighted by atomic mass is 16.1. The number of benzene rings is 1. The number of nitrogens with two attached hydrogens (primary N) is 1. The Morgan fingerprint density at radius 1 is 1.56 bits per heavy atom. The van der Waals surface area contributed by atoms with Crippen LogP contribution >= 0.6 is 0 Å². The van der Waals surface area contributed by atoms with Gasteiger partial charge in [0.25, 0.3) is 0 Å². The van der Waals surface area contributed by atoms with Crippen molar-refractivity contribution in [3.8, 4) is 6.07 Å². The summed E-state index contributed by atoms with van der Waals surface area (Å²) in [4.78, 5) is 23.5. The summed E-state index contributed by atoms with van der Waals surface area (Å²) in [5, 5.41) is 9.09. The molecule has 0 fully saturated rings. The van der Waals surface area contributed by atoms with Crippen molar-refractivity contribution in [2.75, 3.05) is 11.4 Å². The molecule has 2 N–H and O–H groups in total. The van der Waals surface area contributed by atoms with Crippen molar-refractivity contribution in [2.24, 2.45) is 5.73 Å². The highest BCUT2D eigenvalue weighted by Gasteiger charge is 2.16. The average Bonchev–Trinajstić information content (AvgIpc) is 2.34. The molecule has 1 amide bonds. The maximum Gasteiger partial charge on any atom is 0.236 e. The second-order valence-electron chi connectivity index (χ2n) is 4.19. The molecule has 0 atom stereocenters. The lowest BCUT2D eigenvalue weighted by molar-refractivity contribution is -0.116. The summed E-state index contributed by atoms with van der Waals surface area (Å²) in [5.74, 6) is -0.466. The zero-order valence-electron chi connectivity index (χ0n) is 10.4. The first-order valence-electron chi connectivity index (χ1n) is 5.54. The van der Waals surface area contributed by atoms with Gasteiger partial charge in [-0.1, -0.05) is 0 Å². The van der Waals surface area contributed by atoms with Gasteiger partial charge in [0.05, 0.1) is 17.8 Å². The number of carbonyl (C=O) groups is 2. The zero-order valence-corrected chi connectivity index (χ0v) is 10.4. The molecule has 0 radical (unpaired) electrons. The van der Waals surface area contributed by atoms with Crippen molar-refractivity contribution < 1.29 is 9.59 Å². The fraction of sp³-hybridized carbons (Fsp3) is 0.308. The van der Waals surface area contributed by atoms with Gasteiger partial charge in [0.2, 0.25) is 5.91 Å². The predicted octanol–water partition coefficient (Wildman–Crippen LogP) is 1.07. The van der Waals surface area contributed by atoms with Crippen LogP contribution < -0.4 is 10.6 Å². The summed E-state index contributed by atoms with van der Waals surface area (Å²) in [6.07, 6.45) is 0.679. The number of hydrogen-bond donors (Lipinski definition) is 1. The summed E-state index contributed by atoms with van der Waals surface area (Å²) >= 11 is 0. The number of anilines is 1. The van der Waals surface area contributed by atoms with Gasteiger partial charge >= 0.3 is 0 Å². The topological polar surface area (TPSA) is 87.2 Å². The molecule has 0 aromatic heterocycles. The average molecular weight is 245 g/mol. The van der Waals surface area contributed by atoms with Gasteiger partial charge < -0.3 is 10.6 Å². The third-order valence-corrected chi connectivity index (χ3v) is 2.54. The van der Waals surface area contributed by atoms with Crippen molar-refractivity contribution in [1.82, 2.24) is 0 Å². The Morgan fingerprint density at radius 2 is 2.22 bits per heavy atom. The lowest BCUT2D eigenvalue weighted by atomic mass is 10.1. The molecule has 94 valence electrons. The first-order chi connectivity index (χ1) is 8.49. The van der Waals surface area contributed by atoms with Gasteiger partial charge in [-0.05, 0) is 32.0 Å². The molecule has 5 heteroatoms. The summed E-state index contributed by atoms with van der Waals surface area (Å²) < 4.78 is 0. The Morgan fingerprint density at radius 3 is 2.67 bits per heavy atom. The minimum absolute atomic E-state index is 0.0201. The van der Waals surface area contributed by atoms with E-state index in [0.29, 0.717) is 23.1 Å². The molecule has 5 nitrogen and oxygen atoms in total. The lowest BCUT2D eigenvalue weighted by Crippen LogP contribution is -2.39. The van der Waals surface area contributed by atoms with E-state index >= 15 is 0 Å².